The second-order valence-corrected chi connectivity index (χ2v) is 6.25. The van der Waals surface area contributed by atoms with Crippen LogP contribution >= 0.6 is 15.9 Å². The molecule has 2 rings (SSSR count). The Bertz CT molecular complexity index is 498. The second-order valence-electron chi connectivity index (χ2n) is 5.46. The molecular formula is C15H24BrN3O2. The van der Waals surface area contributed by atoms with Crippen LogP contribution in [0, 0.1) is 0 Å². The number of aryl methyl sites for hydroxylation is 1. The van der Waals surface area contributed by atoms with Gasteiger partial charge >= 0.3 is 0 Å². The third-order valence-corrected chi connectivity index (χ3v) is 4.51. The van der Waals surface area contributed by atoms with E-state index in [0.717, 1.165) is 12.1 Å². The van der Waals surface area contributed by atoms with Crippen molar-refractivity contribution >= 4 is 21.6 Å². The summed E-state index contributed by atoms with van der Waals surface area (Å²) >= 11 is 3.35. The van der Waals surface area contributed by atoms with Crippen LogP contribution in [0.1, 0.15) is 45.4 Å². The number of rotatable bonds is 7. The lowest BCUT2D eigenvalue weighted by molar-refractivity contribution is 0.0347. The van der Waals surface area contributed by atoms with E-state index in [0.29, 0.717) is 30.3 Å². The molecule has 1 aliphatic carbocycles. The molecule has 1 fully saturated rings. The number of hydrogen-bond donors (Lipinski definition) is 1. The number of hydrogen-bond acceptors (Lipinski definition) is 4. The van der Waals surface area contributed by atoms with Crippen LogP contribution < -0.4 is 10.9 Å². The molecular weight excluding hydrogens is 334 g/mol. The van der Waals surface area contributed by atoms with Crippen molar-refractivity contribution in [2.45, 2.75) is 58.1 Å². The number of aromatic nitrogens is 2. The highest BCUT2D eigenvalue weighted by molar-refractivity contribution is 9.10. The first kappa shape index (κ1) is 16.5. The van der Waals surface area contributed by atoms with E-state index in [1.807, 2.05) is 6.92 Å². The summed E-state index contributed by atoms with van der Waals surface area (Å²) in [5.74, 6) is 0. The maximum Gasteiger partial charge on any atom is 0.283 e. The van der Waals surface area contributed by atoms with Crippen molar-refractivity contribution in [3.8, 4) is 0 Å². The van der Waals surface area contributed by atoms with E-state index in [1.165, 1.54) is 36.8 Å². The van der Waals surface area contributed by atoms with Gasteiger partial charge in [0, 0.05) is 13.1 Å². The van der Waals surface area contributed by atoms with Crippen molar-refractivity contribution in [3.63, 3.8) is 0 Å². The topological polar surface area (TPSA) is 56.1 Å². The Labute approximate surface area is 134 Å². The number of anilines is 1. The normalized spacial score (nSPS) is 16.1. The standard InChI is InChI=1S/C15H24BrN3O2/c1-2-9-19-15(20)14(16)13(11-18-19)17-8-10-21-12-6-4-3-5-7-12/h11-12,17H,2-10H2,1H3. The third-order valence-electron chi connectivity index (χ3n) is 3.74. The molecule has 0 aromatic carbocycles. The summed E-state index contributed by atoms with van der Waals surface area (Å²) in [7, 11) is 0. The Morgan fingerprint density at radius 1 is 1.43 bits per heavy atom. The SMILES string of the molecule is CCCn1ncc(NCCOC2CCCCC2)c(Br)c1=O. The molecule has 0 aliphatic heterocycles. The smallest absolute Gasteiger partial charge is 0.283 e. The van der Waals surface area contributed by atoms with E-state index in [1.54, 1.807) is 6.20 Å². The zero-order valence-electron chi connectivity index (χ0n) is 12.6. The quantitative estimate of drug-likeness (QED) is 0.761. The number of nitrogens with zero attached hydrogens (tertiary/aromatic N) is 2. The molecule has 0 spiro atoms. The molecule has 5 nitrogen and oxygen atoms in total. The zero-order chi connectivity index (χ0) is 15.1. The Balaban J connectivity index is 1.80. The fraction of sp³-hybridized carbons (Fsp3) is 0.733. The highest BCUT2D eigenvalue weighted by atomic mass is 79.9. The van der Waals surface area contributed by atoms with E-state index in [9.17, 15) is 4.79 Å². The monoisotopic (exact) mass is 357 g/mol. The Hall–Kier alpha value is -0.880. The van der Waals surface area contributed by atoms with Crippen LogP contribution in [-0.4, -0.2) is 29.0 Å². The van der Waals surface area contributed by atoms with Gasteiger partial charge in [-0.25, -0.2) is 4.68 Å². The third kappa shape index (κ3) is 4.81. The van der Waals surface area contributed by atoms with Gasteiger partial charge in [-0.2, -0.15) is 5.10 Å². The lowest BCUT2D eigenvalue weighted by Crippen LogP contribution is -2.25. The molecule has 0 saturated heterocycles. The van der Waals surface area contributed by atoms with Gasteiger partial charge in [-0.05, 0) is 35.2 Å². The molecule has 0 bridgehead atoms. The lowest BCUT2D eigenvalue weighted by Gasteiger charge is -2.22. The van der Waals surface area contributed by atoms with Crippen molar-refractivity contribution in [2.24, 2.45) is 0 Å². The highest BCUT2D eigenvalue weighted by Gasteiger charge is 2.13. The number of nitrogens with one attached hydrogen (secondary N) is 1. The van der Waals surface area contributed by atoms with E-state index in [-0.39, 0.29) is 5.56 Å². The molecule has 0 radical (unpaired) electrons. The predicted octanol–water partition coefficient (Wildman–Crippen LogP) is 3.18. The van der Waals surface area contributed by atoms with Gasteiger partial charge < -0.3 is 10.1 Å². The summed E-state index contributed by atoms with van der Waals surface area (Å²) in [4.78, 5) is 12.0. The van der Waals surface area contributed by atoms with Gasteiger partial charge in [0.05, 0.1) is 24.6 Å². The van der Waals surface area contributed by atoms with Crippen LogP contribution in [0.5, 0.6) is 0 Å². The van der Waals surface area contributed by atoms with E-state index >= 15 is 0 Å². The van der Waals surface area contributed by atoms with E-state index < -0.39 is 0 Å². The van der Waals surface area contributed by atoms with Gasteiger partial charge in [-0.1, -0.05) is 26.2 Å². The minimum atomic E-state index is -0.0879. The number of halogens is 1. The van der Waals surface area contributed by atoms with Crippen LogP contribution in [0.3, 0.4) is 0 Å². The molecule has 1 aromatic rings. The second kappa shape index (κ2) is 8.54. The summed E-state index contributed by atoms with van der Waals surface area (Å²) in [6.07, 6.45) is 9.26. The summed E-state index contributed by atoms with van der Waals surface area (Å²) in [6.45, 7) is 4.02. The molecule has 21 heavy (non-hydrogen) atoms. The average molecular weight is 358 g/mol. The molecule has 6 heteroatoms. The van der Waals surface area contributed by atoms with Gasteiger partial charge in [0.15, 0.2) is 0 Å². The molecule has 1 saturated carbocycles. The first-order valence-electron chi connectivity index (χ1n) is 7.83. The molecule has 0 amide bonds. The van der Waals surface area contributed by atoms with Gasteiger partial charge in [-0.3, -0.25) is 4.79 Å². The van der Waals surface area contributed by atoms with Crippen molar-refractivity contribution < 1.29 is 4.74 Å². The first-order valence-corrected chi connectivity index (χ1v) is 8.62. The van der Waals surface area contributed by atoms with Crippen molar-refractivity contribution in [2.75, 3.05) is 18.5 Å². The lowest BCUT2D eigenvalue weighted by atomic mass is 9.98. The predicted molar refractivity (Wildman–Crippen MR) is 87.8 cm³/mol. The summed E-state index contributed by atoms with van der Waals surface area (Å²) in [6, 6.07) is 0. The molecule has 0 atom stereocenters. The van der Waals surface area contributed by atoms with Crippen LogP contribution in [0.25, 0.3) is 0 Å². The van der Waals surface area contributed by atoms with Crippen LogP contribution in [0.15, 0.2) is 15.5 Å². The molecule has 1 aliphatic rings. The summed E-state index contributed by atoms with van der Waals surface area (Å²) in [5.41, 5.74) is 0.648. The Morgan fingerprint density at radius 3 is 2.90 bits per heavy atom. The number of ether oxygens (including phenoxy) is 1. The van der Waals surface area contributed by atoms with Gasteiger partial charge in [0.2, 0.25) is 0 Å². The maximum atomic E-state index is 12.0. The maximum absolute atomic E-state index is 12.0. The van der Waals surface area contributed by atoms with Crippen LogP contribution in [0.4, 0.5) is 5.69 Å². The Kier molecular flexibility index (Phi) is 6.70. The largest absolute Gasteiger partial charge is 0.380 e. The van der Waals surface area contributed by atoms with E-state index in [2.05, 4.69) is 26.3 Å². The minimum Gasteiger partial charge on any atom is -0.380 e. The van der Waals surface area contributed by atoms with Crippen molar-refractivity contribution in [1.82, 2.24) is 9.78 Å². The minimum absolute atomic E-state index is 0.0879. The molecule has 1 N–H and O–H groups in total. The van der Waals surface area contributed by atoms with E-state index in [4.69, 9.17) is 4.74 Å². The first-order chi connectivity index (χ1) is 10.2. The fourth-order valence-electron chi connectivity index (χ4n) is 2.60. The van der Waals surface area contributed by atoms with Crippen LogP contribution in [0.2, 0.25) is 0 Å². The van der Waals surface area contributed by atoms with Crippen molar-refractivity contribution in [3.05, 3.63) is 21.0 Å². The van der Waals surface area contributed by atoms with Gasteiger partial charge in [0.1, 0.15) is 4.47 Å². The Morgan fingerprint density at radius 2 is 2.19 bits per heavy atom. The summed E-state index contributed by atoms with van der Waals surface area (Å²) in [5, 5.41) is 7.38. The fourth-order valence-corrected chi connectivity index (χ4v) is 3.05. The summed E-state index contributed by atoms with van der Waals surface area (Å²) < 4.78 is 7.88. The molecule has 118 valence electrons. The van der Waals surface area contributed by atoms with Gasteiger partial charge in [-0.15, -0.1) is 0 Å². The molecule has 0 unspecified atom stereocenters. The average Bonchev–Trinajstić information content (AvgIpc) is 2.51. The molecule has 1 heterocycles. The highest BCUT2D eigenvalue weighted by Crippen LogP contribution is 2.20. The van der Waals surface area contributed by atoms with Gasteiger partial charge in [0.25, 0.3) is 5.56 Å². The van der Waals surface area contributed by atoms with Crippen LogP contribution in [-0.2, 0) is 11.3 Å². The molecule has 1 aromatic heterocycles. The zero-order valence-corrected chi connectivity index (χ0v) is 14.2. The van der Waals surface area contributed by atoms with Crippen molar-refractivity contribution in [1.29, 1.82) is 0 Å².